The Hall–Kier alpha value is -1.08. The summed E-state index contributed by atoms with van der Waals surface area (Å²) in [4.78, 5) is 0. The Morgan fingerprint density at radius 2 is 1.73 bits per heavy atom. The van der Waals surface area contributed by atoms with Crippen LogP contribution in [0.3, 0.4) is 0 Å². The first kappa shape index (κ1) is 25.2. The molecule has 3 unspecified atom stereocenters. The minimum atomic E-state index is -0.0772. The summed E-state index contributed by atoms with van der Waals surface area (Å²) in [6, 6.07) is 0. The quantitative estimate of drug-likeness (QED) is 0.243. The first-order valence-corrected chi connectivity index (χ1v) is 12.7. The molecule has 1 heterocycles. The van der Waals surface area contributed by atoms with Crippen LogP contribution in [-0.2, 0) is 4.74 Å². The summed E-state index contributed by atoms with van der Waals surface area (Å²) in [5, 5.41) is 0. The summed E-state index contributed by atoms with van der Waals surface area (Å²) in [5.41, 5.74) is 6.01. The van der Waals surface area contributed by atoms with E-state index >= 15 is 0 Å². The number of fused-ring (bicyclic) bond motifs is 1. The van der Waals surface area contributed by atoms with E-state index in [2.05, 4.69) is 72.8 Å². The van der Waals surface area contributed by atoms with Crippen LogP contribution in [0, 0.1) is 5.92 Å². The fourth-order valence-electron chi connectivity index (χ4n) is 5.31. The van der Waals surface area contributed by atoms with E-state index < -0.39 is 0 Å². The molecule has 2 rings (SSSR count). The van der Waals surface area contributed by atoms with Crippen LogP contribution >= 0.6 is 0 Å². The Morgan fingerprint density at radius 3 is 2.37 bits per heavy atom. The van der Waals surface area contributed by atoms with Gasteiger partial charge in [-0.2, -0.15) is 0 Å². The van der Waals surface area contributed by atoms with Gasteiger partial charge in [-0.1, -0.05) is 74.6 Å². The smallest absolute Gasteiger partial charge is 0.0961 e. The van der Waals surface area contributed by atoms with Crippen LogP contribution in [0.5, 0.6) is 0 Å². The second-order valence-electron chi connectivity index (χ2n) is 10.3. The molecule has 1 fully saturated rings. The molecule has 0 N–H and O–H groups in total. The number of unbranched alkanes of at least 4 members (excludes halogenated alkanes) is 2. The molecule has 0 aromatic heterocycles. The van der Waals surface area contributed by atoms with Crippen molar-refractivity contribution in [3.63, 3.8) is 0 Å². The normalized spacial score (nSPS) is 30.0. The molecule has 1 aliphatic carbocycles. The first-order chi connectivity index (χ1) is 14.3. The minimum absolute atomic E-state index is 0.00534. The van der Waals surface area contributed by atoms with Crippen LogP contribution in [0.25, 0.3) is 0 Å². The van der Waals surface area contributed by atoms with Crippen LogP contribution < -0.4 is 0 Å². The topological polar surface area (TPSA) is 9.23 Å². The number of ether oxygens (including phenoxy) is 1. The number of hydrogen-bond acceptors (Lipinski definition) is 1. The van der Waals surface area contributed by atoms with Gasteiger partial charge in [0, 0.05) is 5.92 Å². The van der Waals surface area contributed by atoms with Crippen molar-refractivity contribution >= 4 is 0 Å². The molecule has 0 saturated carbocycles. The second kappa shape index (κ2) is 11.5. The van der Waals surface area contributed by atoms with Gasteiger partial charge in [-0.25, -0.2) is 0 Å². The van der Waals surface area contributed by atoms with Gasteiger partial charge in [0.05, 0.1) is 11.2 Å². The van der Waals surface area contributed by atoms with Gasteiger partial charge < -0.3 is 4.74 Å². The maximum atomic E-state index is 6.99. The molecule has 2 aliphatic rings. The van der Waals surface area contributed by atoms with Gasteiger partial charge in [-0.3, -0.25) is 0 Å². The van der Waals surface area contributed by atoms with Crippen LogP contribution in [-0.4, -0.2) is 11.2 Å². The van der Waals surface area contributed by atoms with Crippen LogP contribution in [0.1, 0.15) is 119 Å². The summed E-state index contributed by atoms with van der Waals surface area (Å²) >= 11 is 0. The lowest BCUT2D eigenvalue weighted by atomic mass is 9.68. The highest BCUT2D eigenvalue weighted by Crippen LogP contribution is 2.50. The van der Waals surface area contributed by atoms with Gasteiger partial charge in [-0.15, -0.1) is 0 Å². The third kappa shape index (κ3) is 6.46. The van der Waals surface area contributed by atoms with Crippen molar-refractivity contribution in [3.05, 3.63) is 46.6 Å². The zero-order chi connectivity index (χ0) is 22.2. The molecule has 3 atom stereocenters. The van der Waals surface area contributed by atoms with Gasteiger partial charge in [0.2, 0.25) is 0 Å². The van der Waals surface area contributed by atoms with E-state index in [-0.39, 0.29) is 11.2 Å². The lowest BCUT2D eigenvalue weighted by Gasteiger charge is -2.53. The second-order valence-corrected chi connectivity index (χ2v) is 10.3. The SMILES string of the molecule is CCCC/C=C(\C)CCC/C(C)=C/CCC1(C)CCC2=CC=C(C)C(C)C2(CC)O1. The highest BCUT2D eigenvalue weighted by molar-refractivity contribution is 5.36. The highest BCUT2D eigenvalue weighted by atomic mass is 16.5. The Balaban J connectivity index is 1.84. The van der Waals surface area contributed by atoms with Crippen molar-refractivity contribution < 1.29 is 4.74 Å². The summed E-state index contributed by atoms with van der Waals surface area (Å²) in [6.45, 7) is 16.2. The Labute approximate surface area is 187 Å². The average molecular weight is 413 g/mol. The van der Waals surface area contributed by atoms with E-state index in [1.165, 1.54) is 56.1 Å². The van der Waals surface area contributed by atoms with Crippen LogP contribution in [0.2, 0.25) is 0 Å². The molecular weight excluding hydrogens is 364 g/mol. The van der Waals surface area contributed by atoms with Crippen molar-refractivity contribution in [1.82, 2.24) is 0 Å². The van der Waals surface area contributed by atoms with Gasteiger partial charge in [0.1, 0.15) is 0 Å². The highest BCUT2D eigenvalue weighted by Gasteiger charge is 2.49. The fourth-order valence-corrected chi connectivity index (χ4v) is 5.31. The average Bonchev–Trinajstić information content (AvgIpc) is 2.71. The molecule has 1 aliphatic heterocycles. The maximum absolute atomic E-state index is 6.99. The van der Waals surface area contributed by atoms with E-state index in [1.807, 2.05) is 0 Å². The molecule has 0 aromatic rings. The van der Waals surface area contributed by atoms with Crippen LogP contribution in [0.15, 0.2) is 46.6 Å². The zero-order valence-electron chi connectivity index (χ0n) is 21.1. The van der Waals surface area contributed by atoms with E-state index in [4.69, 9.17) is 4.74 Å². The lowest BCUT2D eigenvalue weighted by molar-refractivity contribution is -0.175. The third-order valence-corrected chi connectivity index (χ3v) is 7.71. The summed E-state index contributed by atoms with van der Waals surface area (Å²) in [5.74, 6) is 0.480. The molecule has 0 aromatic carbocycles. The number of hydrogen-bond donors (Lipinski definition) is 0. The van der Waals surface area contributed by atoms with E-state index in [0.717, 1.165) is 25.7 Å². The Morgan fingerprint density at radius 1 is 1.07 bits per heavy atom. The Kier molecular flexibility index (Phi) is 9.67. The van der Waals surface area contributed by atoms with Crippen molar-refractivity contribution in [1.29, 1.82) is 0 Å². The molecule has 1 heteroatoms. The van der Waals surface area contributed by atoms with Crippen molar-refractivity contribution in [2.75, 3.05) is 0 Å². The van der Waals surface area contributed by atoms with E-state index in [1.54, 1.807) is 11.1 Å². The predicted octanol–water partition coefficient (Wildman–Crippen LogP) is 9.26. The molecule has 30 heavy (non-hydrogen) atoms. The molecule has 0 bridgehead atoms. The minimum Gasteiger partial charge on any atom is -0.364 e. The molecule has 1 nitrogen and oxygen atoms in total. The van der Waals surface area contributed by atoms with Gasteiger partial charge in [0.15, 0.2) is 0 Å². The predicted molar refractivity (Wildman–Crippen MR) is 133 cm³/mol. The summed E-state index contributed by atoms with van der Waals surface area (Å²) in [6.07, 6.45) is 22.9. The first-order valence-electron chi connectivity index (χ1n) is 12.7. The molecule has 1 saturated heterocycles. The molecule has 0 spiro atoms. The van der Waals surface area contributed by atoms with Gasteiger partial charge >= 0.3 is 0 Å². The van der Waals surface area contributed by atoms with Crippen molar-refractivity contribution in [2.45, 2.75) is 130 Å². The van der Waals surface area contributed by atoms with Crippen LogP contribution in [0.4, 0.5) is 0 Å². The molecule has 0 amide bonds. The summed E-state index contributed by atoms with van der Waals surface area (Å²) in [7, 11) is 0. The number of allylic oxidation sites excluding steroid dienone is 6. The fraction of sp³-hybridized carbons (Fsp3) is 0.724. The van der Waals surface area contributed by atoms with Crippen molar-refractivity contribution in [3.8, 4) is 0 Å². The standard InChI is InChI=1S/C29H48O/c1-8-10-11-14-23(3)15-12-16-24(4)17-13-21-28(7)22-20-27-19-18-25(5)26(6)29(27,9-2)30-28/h14,17-19,26H,8-13,15-16,20-22H2,1-7H3/b23-14+,24-17+. The Bertz CT molecular complexity index is 676. The molecular formula is C29H48O. The van der Waals surface area contributed by atoms with Gasteiger partial charge in [0.25, 0.3) is 0 Å². The third-order valence-electron chi connectivity index (χ3n) is 7.71. The van der Waals surface area contributed by atoms with Gasteiger partial charge in [-0.05, 0) is 91.1 Å². The lowest BCUT2D eigenvalue weighted by Crippen LogP contribution is -2.53. The summed E-state index contributed by atoms with van der Waals surface area (Å²) < 4.78 is 6.99. The molecule has 170 valence electrons. The number of rotatable bonds is 11. The largest absolute Gasteiger partial charge is 0.364 e. The molecule has 0 radical (unpaired) electrons. The maximum Gasteiger partial charge on any atom is 0.0961 e. The monoisotopic (exact) mass is 412 g/mol. The van der Waals surface area contributed by atoms with Crippen molar-refractivity contribution in [2.24, 2.45) is 5.92 Å². The zero-order valence-corrected chi connectivity index (χ0v) is 21.1. The van der Waals surface area contributed by atoms with E-state index in [9.17, 15) is 0 Å². The van der Waals surface area contributed by atoms with E-state index in [0.29, 0.717) is 5.92 Å².